The van der Waals surface area contributed by atoms with Crippen LogP contribution < -0.4 is 10.2 Å². The van der Waals surface area contributed by atoms with Crippen LogP contribution in [0, 0.1) is 25.0 Å². The quantitative estimate of drug-likeness (QED) is 0.222. The molecule has 1 heterocycles. The van der Waals surface area contributed by atoms with Gasteiger partial charge in [0.25, 0.3) is 5.69 Å². The number of rotatable bonds is 7. The highest BCUT2D eigenvalue weighted by Crippen LogP contribution is 2.23. The lowest BCUT2D eigenvalue weighted by molar-refractivity contribution is -0.385. The second kappa shape index (κ2) is 9.61. The minimum Gasteiger partial charge on any atom is -0.488 e. The smallest absolute Gasteiger partial charge is 0.287 e. The van der Waals surface area contributed by atoms with E-state index in [-0.39, 0.29) is 5.69 Å². The summed E-state index contributed by atoms with van der Waals surface area (Å²) in [7, 11) is 0. The van der Waals surface area contributed by atoms with Gasteiger partial charge in [0.1, 0.15) is 24.4 Å². The molecule has 0 aliphatic heterocycles. The van der Waals surface area contributed by atoms with Crippen LogP contribution in [-0.2, 0) is 6.61 Å². The molecule has 0 aliphatic carbocycles. The fourth-order valence-corrected chi connectivity index (χ4v) is 3.05. The number of nitriles is 1. The first-order chi connectivity index (χ1) is 14.1. The van der Waals surface area contributed by atoms with Crippen molar-refractivity contribution in [3.8, 4) is 11.8 Å². The molecule has 0 radical (unpaired) electrons. The number of pyridine rings is 1. The Morgan fingerprint density at radius 1 is 1.28 bits per heavy atom. The third-order valence-electron chi connectivity index (χ3n) is 3.83. The van der Waals surface area contributed by atoms with Gasteiger partial charge in [0.2, 0.25) is 0 Å². The molecule has 3 aromatic rings. The molecule has 0 unspecified atom stereocenters. The van der Waals surface area contributed by atoms with Gasteiger partial charge in [0, 0.05) is 11.6 Å². The molecule has 0 spiro atoms. The minimum atomic E-state index is -0.509. The molecular weight excluding hydrogens is 485 g/mol. The van der Waals surface area contributed by atoms with Gasteiger partial charge < -0.3 is 4.74 Å². The minimum absolute atomic E-state index is 0.0814. The number of nitrogens with zero attached hydrogens (tertiary/aromatic N) is 4. The lowest BCUT2D eigenvalue weighted by atomic mass is 10.1. The van der Waals surface area contributed by atoms with Crippen LogP contribution in [0.25, 0.3) is 0 Å². The molecule has 0 saturated carbocycles. The maximum absolute atomic E-state index is 10.6. The van der Waals surface area contributed by atoms with Crippen molar-refractivity contribution in [1.29, 1.82) is 5.26 Å². The van der Waals surface area contributed by atoms with Gasteiger partial charge in [-0.05, 0) is 58.5 Å². The molecule has 29 heavy (non-hydrogen) atoms. The Hall–Kier alpha value is -3.52. The number of ether oxygens (including phenoxy) is 1. The van der Waals surface area contributed by atoms with Crippen LogP contribution in [-0.4, -0.2) is 16.1 Å². The zero-order valence-corrected chi connectivity index (χ0v) is 17.1. The van der Waals surface area contributed by atoms with Crippen LogP contribution in [0.1, 0.15) is 16.7 Å². The van der Waals surface area contributed by atoms with E-state index in [4.69, 9.17) is 10.00 Å². The Morgan fingerprint density at radius 2 is 2.10 bits per heavy atom. The number of anilines is 1. The standard InChI is InChI=1S/C20H14IN5O3/c21-18-9-14(11-24-25-20-8-6-17(12-23-20)26(27)28)5-7-19(18)29-13-16-4-2-1-3-15(16)10-22/h1-9,11-12H,13H2,(H,23,25). The van der Waals surface area contributed by atoms with E-state index in [0.717, 1.165) is 20.9 Å². The molecular formula is C20H14IN5O3. The molecule has 3 rings (SSSR count). The van der Waals surface area contributed by atoms with Gasteiger partial charge in [-0.1, -0.05) is 18.2 Å². The van der Waals surface area contributed by atoms with Crippen LogP contribution >= 0.6 is 22.6 Å². The number of aromatic nitrogens is 1. The van der Waals surface area contributed by atoms with Crippen LogP contribution in [0.4, 0.5) is 11.5 Å². The van der Waals surface area contributed by atoms with Crippen molar-refractivity contribution in [3.63, 3.8) is 0 Å². The monoisotopic (exact) mass is 499 g/mol. The molecule has 0 atom stereocenters. The molecule has 8 nitrogen and oxygen atoms in total. The van der Waals surface area contributed by atoms with E-state index >= 15 is 0 Å². The molecule has 0 saturated heterocycles. The number of hydrogen-bond acceptors (Lipinski definition) is 7. The van der Waals surface area contributed by atoms with Gasteiger partial charge in [-0.25, -0.2) is 4.98 Å². The van der Waals surface area contributed by atoms with Crippen molar-refractivity contribution in [2.45, 2.75) is 6.61 Å². The molecule has 2 aromatic carbocycles. The molecule has 0 fully saturated rings. The lowest BCUT2D eigenvalue weighted by Crippen LogP contribution is -2.00. The summed E-state index contributed by atoms with van der Waals surface area (Å²) < 4.78 is 6.74. The Labute approximate surface area is 180 Å². The molecule has 144 valence electrons. The molecule has 0 amide bonds. The second-order valence-corrected chi connectivity index (χ2v) is 6.94. The van der Waals surface area contributed by atoms with Crippen LogP contribution in [0.3, 0.4) is 0 Å². The molecule has 9 heteroatoms. The van der Waals surface area contributed by atoms with E-state index in [0.29, 0.717) is 23.7 Å². The maximum atomic E-state index is 10.6. The summed E-state index contributed by atoms with van der Waals surface area (Å²) in [6, 6.07) is 17.9. The van der Waals surface area contributed by atoms with Gasteiger partial charge in [-0.15, -0.1) is 0 Å². The topological polar surface area (TPSA) is 113 Å². The highest BCUT2D eigenvalue weighted by Gasteiger charge is 2.06. The summed E-state index contributed by atoms with van der Waals surface area (Å²) in [5.74, 6) is 1.11. The third-order valence-corrected chi connectivity index (χ3v) is 4.67. The Morgan fingerprint density at radius 3 is 2.79 bits per heavy atom. The summed E-state index contributed by atoms with van der Waals surface area (Å²) in [6.07, 6.45) is 2.78. The maximum Gasteiger partial charge on any atom is 0.287 e. The first-order valence-corrected chi connectivity index (χ1v) is 9.44. The Kier molecular flexibility index (Phi) is 6.70. The fraction of sp³-hybridized carbons (Fsp3) is 0.0500. The van der Waals surface area contributed by atoms with Crippen LogP contribution in [0.5, 0.6) is 5.75 Å². The lowest BCUT2D eigenvalue weighted by Gasteiger charge is -2.10. The van der Waals surface area contributed by atoms with Crippen LogP contribution in [0.2, 0.25) is 0 Å². The van der Waals surface area contributed by atoms with Crippen molar-refractivity contribution in [2.75, 3.05) is 5.43 Å². The zero-order chi connectivity index (χ0) is 20.6. The van der Waals surface area contributed by atoms with Crippen molar-refractivity contribution in [2.24, 2.45) is 5.10 Å². The molecule has 1 N–H and O–H groups in total. The molecule has 0 bridgehead atoms. The summed E-state index contributed by atoms with van der Waals surface area (Å²) in [5, 5.41) is 23.9. The number of benzene rings is 2. The average molecular weight is 499 g/mol. The second-order valence-electron chi connectivity index (χ2n) is 5.78. The van der Waals surface area contributed by atoms with E-state index in [1.165, 1.54) is 12.1 Å². The van der Waals surface area contributed by atoms with Gasteiger partial charge in [0.15, 0.2) is 0 Å². The van der Waals surface area contributed by atoms with Crippen molar-refractivity contribution >= 4 is 40.3 Å². The van der Waals surface area contributed by atoms with Crippen LogP contribution in [0.15, 0.2) is 65.9 Å². The number of nitro groups is 1. The molecule has 0 aliphatic rings. The van der Waals surface area contributed by atoms with E-state index < -0.39 is 4.92 Å². The number of halogens is 1. The van der Waals surface area contributed by atoms with Gasteiger partial charge in [-0.3, -0.25) is 15.5 Å². The summed E-state index contributed by atoms with van der Waals surface area (Å²) >= 11 is 2.17. The van der Waals surface area contributed by atoms with Gasteiger partial charge in [-0.2, -0.15) is 10.4 Å². The van der Waals surface area contributed by atoms with E-state index in [1.54, 1.807) is 12.3 Å². The van der Waals surface area contributed by atoms with Gasteiger partial charge >= 0.3 is 0 Å². The predicted molar refractivity (Wildman–Crippen MR) is 117 cm³/mol. The van der Waals surface area contributed by atoms with Crippen molar-refractivity contribution in [3.05, 3.63) is 91.2 Å². The number of hydrazone groups is 1. The SMILES string of the molecule is N#Cc1ccccc1COc1ccc(C=NNc2ccc([N+](=O)[O-])cn2)cc1I. The summed E-state index contributed by atoms with van der Waals surface area (Å²) in [6.45, 7) is 0.306. The average Bonchev–Trinajstić information content (AvgIpc) is 2.73. The predicted octanol–water partition coefficient (Wildman–Crippen LogP) is 4.49. The third kappa shape index (κ3) is 5.49. The van der Waals surface area contributed by atoms with E-state index in [2.05, 4.69) is 44.2 Å². The van der Waals surface area contributed by atoms with E-state index in [9.17, 15) is 10.1 Å². The van der Waals surface area contributed by atoms with Gasteiger partial charge in [0.05, 0.1) is 26.3 Å². The fourth-order valence-electron chi connectivity index (χ4n) is 2.36. The van der Waals surface area contributed by atoms with E-state index in [1.807, 2.05) is 36.4 Å². The van der Waals surface area contributed by atoms with Crippen molar-refractivity contribution in [1.82, 2.24) is 4.98 Å². The Balaban J connectivity index is 1.61. The molecule has 1 aromatic heterocycles. The normalized spacial score (nSPS) is 10.5. The Bertz CT molecular complexity index is 1090. The number of hydrogen-bond donors (Lipinski definition) is 1. The summed E-state index contributed by atoms with van der Waals surface area (Å²) in [5.41, 5.74) is 4.91. The zero-order valence-electron chi connectivity index (χ0n) is 14.9. The number of nitrogens with one attached hydrogen (secondary N) is 1. The largest absolute Gasteiger partial charge is 0.488 e. The first-order valence-electron chi connectivity index (χ1n) is 8.36. The summed E-state index contributed by atoms with van der Waals surface area (Å²) in [4.78, 5) is 14.0. The first kappa shape index (κ1) is 20.2. The van der Waals surface area contributed by atoms with Crippen molar-refractivity contribution < 1.29 is 9.66 Å². The highest BCUT2D eigenvalue weighted by molar-refractivity contribution is 14.1. The highest BCUT2D eigenvalue weighted by atomic mass is 127.